The van der Waals surface area contributed by atoms with Crippen molar-refractivity contribution in [3.63, 3.8) is 0 Å². The summed E-state index contributed by atoms with van der Waals surface area (Å²) in [6, 6.07) is 0. The number of hydrogen-bond acceptors (Lipinski definition) is 1. The lowest BCUT2D eigenvalue weighted by atomic mass is 9.94. The first-order valence-electron chi connectivity index (χ1n) is 5.30. The van der Waals surface area contributed by atoms with Crippen LogP contribution in [0, 0.1) is 5.92 Å². The lowest BCUT2D eigenvalue weighted by molar-refractivity contribution is -0.118. The quantitative estimate of drug-likeness (QED) is 0.572. The van der Waals surface area contributed by atoms with Crippen molar-refractivity contribution in [2.24, 2.45) is 5.92 Å². The molecular weight excluding hydrogens is 160 g/mol. The molecule has 1 nitrogen and oxygen atoms in total. The van der Waals surface area contributed by atoms with Gasteiger partial charge in [0.1, 0.15) is 0 Å². The molecule has 0 aliphatic carbocycles. The summed E-state index contributed by atoms with van der Waals surface area (Å²) < 4.78 is 0. The normalized spacial score (nSPS) is 12.3. The molecule has 0 aliphatic heterocycles. The maximum absolute atomic E-state index is 11.6. The van der Waals surface area contributed by atoms with Crippen LogP contribution in [0.5, 0.6) is 0 Å². The zero-order valence-electron chi connectivity index (χ0n) is 9.39. The predicted octanol–water partition coefficient (Wildman–Crippen LogP) is 3.74. The molecule has 0 spiro atoms. The van der Waals surface area contributed by atoms with E-state index in [9.17, 15) is 4.79 Å². The summed E-state index contributed by atoms with van der Waals surface area (Å²) in [6.07, 6.45) is 6.15. The van der Waals surface area contributed by atoms with Crippen LogP contribution in [-0.2, 0) is 4.79 Å². The minimum Gasteiger partial charge on any atom is -0.295 e. The maximum atomic E-state index is 11.6. The topological polar surface area (TPSA) is 17.1 Å². The van der Waals surface area contributed by atoms with Crippen molar-refractivity contribution in [2.75, 3.05) is 0 Å². The van der Waals surface area contributed by atoms with E-state index < -0.39 is 0 Å². The van der Waals surface area contributed by atoms with Gasteiger partial charge >= 0.3 is 0 Å². The van der Waals surface area contributed by atoms with Crippen LogP contribution >= 0.6 is 0 Å². The Bertz CT molecular complexity index is 176. The number of hydrogen-bond donors (Lipinski definition) is 0. The van der Waals surface area contributed by atoms with Gasteiger partial charge in [-0.2, -0.15) is 0 Å². The molecule has 0 radical (unpaired) electrons. The first-order valence-corrected chi connectivity index (χ1v) is 5.30. The molecule has 1 unspecified atom stereocenters. The lowest BCUT2D eigenvalue weighted by Gasteiger charge is -2.10. The van der Waals surface area contributed by atoms with E-state index in [-0.39, 0.29) is 5.92 Å². The zero-order valence-corrected chi connectivity index (χ0v) is 9.39. The summed E-state index contributed by atoms with van der Waals surface area (Å²) in [4.78, 5) is 11.6. The third kappa shape index (κ3) is 5.62. The summed E-state index contributed by atoms with van der Waals surface area (Å²) in [5.74, 6) is 0.575. The minimum atomic E-state index is 0.259. The van der Waals surface area contributed by atoms with Gasteiger partial charge in [-0.1, -0.05) is 32.3 Å². The highest BCUT2D eigenvalue weighted by atomic mass is 16.1. The molecule has 13 heavy (non-hydrogen) atoms. The molecular formula is C12H22O. The fourth-order valence-electron chi connectivity index (χ4n) is 1.40. The van der Waals surface area contributed by atoms with Gasteiger partial charge in [0.05, 0.1) is 0 Å². The molecule has 0 saturated carbocycles. The Balaban J connectivity index is 4.07. The lowest BCUT2D eigenvalue weighted by Crippen LogP contribution is -2.11. The van der Waals surface area contributed by atoms with Gasteiger partial charge in [-0.25, -0.2) is 0 Å². The number of ketones is 1. The molecule has 76 valence electrons. The fraction of sp³-hybridized carbons (Fsp3) is 0.750. The second-order valence-electron chi connectivity index (χ2n) is 3.87. The Kier molecular flexibility index (Phi) is 6.56. The summed E-state index contributed by atoms with van der Waals surface area (Å²) >= 11 is 0. The molecule has 0 aromatic carbocycles. The Labute approximate surface area is 82.2 Å². The van der Waals surface area contributed by atoms with E-state index in [1.807, 2.05) is 13.8 Å². The van der Waals surface area contributed by atoms with E-state index in [1.165, 1.54) is 12.8 Å². The van der Waals surface area contributed by atoms with Crippen molar-refractivity contribution >= 4 is 5.78 Å². The predicted molar refractivity (Wildman–Crippen MR) is 57.7 cm³/mol. The van der Waals surface area contributed by atoms with Crippen LogP contribution in [0.15, 0.2) is 11.6 Å². The summed E-state index contributed by atoms with van der Waals surface area (Å²) in [5.41, 5.74) is 1.11. The average molecular weight is 182 g/mol. The van der Waals surface area contributed by atoms with Crippen LogP contribution in [0.3, 0.4) is 0 Å². The number of carbonyl (C=O) groups excluding carboxylic acids is 1. The van der Waals surface area contributed by atoms with E-state index >= 15 is 0 Å². The molecule has 0 aromatic rings. The third-order valence-electron chi connectivity index (χ3n) is 2.23. The van der Waals surface area contributed by atoms with E-state index in [0.29, 0.717) is 5.78 Å². The van der Waals surface area contributed by atoms with Crippen molar-refractivity contribution in [1.82, 2.24) is 0 Å². The number of carbonyl (C=O) groups is 1. The molecule has 0 N–H and O–H groups in total. The summed E-state index contributed by atoms with van der Waals surface area (Å²) in [5, 5.41) is 0. The van der Waals surface area contributed by atoms with Crippen LogP contribution in [0.2, 0.25) is 0 Å². The monoisotopic (exact) mass is 182 g/mol. The van der Waals surface area contributed by atoms with Crippen molar-refractivity contribution in [3.8, 4) is 0 Å². The SMILES string of the molecule is CCCCC(CC)C(=O)C=C(C)C. The molecule has 0 aliphatic rings. The molecule has 0 rings (SSSR count). The smallest absolute Gasteiger partial charge is 0.158 e. The Morgan fingerprint density at radius 2 is 1.92 bits per heavy atom. The van der Waals surface area contributed by atoms with Gasteiger partial charge in [-0.3, -0.25) is 4.79 Å². The molecule has 0 heterocycles. The second-order valence-corrected chi connectivity index (χ2v) is 3.87. The van der Waals surface area contributed by atoms with Gasteiger partial charge < -0.3 is 0 Å². The maximum Gasteiger partial charge on any atom is 0.158 e. The zero-order chi connectivity index (χ0) is 10.3. The van der Waals surface area contributed by atoms with Crippen LogP contribution in [-0.4, -0.2) is 5.78 Å². The van der Waals surface area contributed by atoms with E-state index in [4.69, 9.17) is 0 Å². The van der Waals surface area contributed by atoms with Crippen LogP contribution < -0.4 is 0 Å². The molecule has 0 aromatic heterocycles. The van der Waals surface area contributed by atoms with Gasteiger partial charge in [0.2, 0.25) is 0 Å². The van der Waals surface area contributed by atoms with Crippen LogP contribution in [0.4, 0.5) is 0 Å². The van der Waals surface area contributed by atoms with Gasteiger partial charge in [0, 0.05) is 5.92 Å². The summed E-state index contributed by atoms with van der Waals surface area (Å²) in [7, 11) is 0. The number of allylic oxidation sites excluding steroid dienone is 2. The molecule has 0 fully saturated rings. The first-order chi connectivity index (χ1) is 6.11. The highest BCUT2D eigenvalue weighted by molar-refractivity contribution is 5.92. The van der Waals surface area contributed by atoms with Gasteiger partial charge in [0.25, 0.3) is 0 Å². The van der Waals surface area contributed by atoms with E-state index in [0.717, 1.165) is 18.4 Å². The molecule has 1 heteroatoms. The first kappa shape index (κ1) is 12.4. The Morgan fingerprint density at radius 3 is 2.31 bits per heavy atom. The van der Waals surface area contributed by atoms with Crippen LogP contribution in [0.25, 0.3) is 0 Å². The van der Waals surface area contributed by atoms with Crippen LogP contribution in [0.1, 0.15) is 53.4 Å². The standard InChI is InChI=1S/C12H22O/c1-5-7-8-11(6-2)12(13)9-10(3)4/h9,11H,5-8H2,1-4H3. The molecule has 0 amide bonds. The average Bonchev–Trinajstić information content (AvgIpc) is 2.04. The van der Waals surface area contributed by atoms with Gasteiger partial charge in [-0.05, 0) is 32.8 Å². The second kappa shape index (κ2) is 6.88. The van der Waals surface area contributed by atoms with Gasteiger partial charge in [0.15, 0.2) is 5.78 Å². The number of unbranched alkanes of at least 4 members (excludes halogenated alkanes) is 1. The largest absolute Gasteiger partial charge is 0.295 e. The highest BCUT2D eigenvalue weighted by Gasteiger charge is 2.12. The molecule has 1 atom stereocenters. The van der Waals surface area contributed by atoms with E-state index in [1.54, 1.807) is 6.08 Å². The van der Waals surface area contributed by atoms with Crippen molar-refractivity contribution in [3.05, 3.63) is 11.6 Å². The minimum absolute atomic E-state index is 0.259. The number of rotatable bonds is 6. The van der Waals surface area contributed by atoms with Crippen molar-refractivity contribution in [2.45, 2.75) is 53.4 Å². The molecule has 0 bridgehead atoms. The molecule has 0 saturated heterocycles. The van der Waals surface area contributed by atoms with Gasteiger partial charge in [-0.15, -0.1) is 0 Å². The van der Waals surface area contributed by atoms with Crippen molar-refractivity contribution < 1.29 is 4.79 Å². The highest BCUT2D eigenvalue weighted by Crippen LogP contribution is 2.14. The third-order valence-corrected chi connectivity index (χ3v) is 2.23. The summed E-state index contributed by atoms with van der Waals surface area (Å²) in [6.45, 7) is 8.21. The Morgan fingerprint density at radius 1 is 1.31 bits per heavy atom. The van der Waals surface area contributed by atoms with Crippen molar-refractivity contribution in [1.29, 1.82) is 0 Å². The fourth-order valence-corrected chi connectivity index (χ4v) is 1.40. The Hall–Kier alpha value is -0.590. The van der Waals surface area contributed by atoms with E-state index in [2.05, 4.69) is 13.8 Å².